The average Bonchev–Trinajstić information content (AvgIpc) is 3.09. The second-order valence-electron chi connectivity index (χ2n) is 6.12. The maximum atomic E-state index is 12.6. The van der Waals surface area contributed by atoms with E-state index in [2.05, 4.69) is 16.4 Å². The lowest BCUT2D eigenvalue weighted by Crippen LogP contribution is -2.36. The van der Waals surface area contributed by atoms with E-state index in [4.69, 9.17) is 12.2 Å². The molecule has 0 fully saturated rings. The molecule has 25 heavy (non-hydrogen) atoms. The van der Waals surface area contributed by atoms with Gasteiger partial charge in [0.15, 0.2) is 4.77 Å². The Kier molecular flexibility index (Phi) is 4.27. The summed E-state index contributed by atoms with van der Waals surface area (Å²) in [7, 11) is 0. The molecule has 0 saturated carbocycles. The minimum atomic E-state index is -0.147. The summed E-state index contributed by atoms with van der Waals surface area (Å²) in [4.78, 5) is 31.5. The SMILES string of the molecule is O=C(CCn1c(=S)[nH]c2ccccc2c1=O)N1CCc2sccc2C1. The van der Waals surface area contributed by atoms with Crippen LogP contribution in [0.25, 0.3) is 10.9 Å². The first kappa shape index (κ1) is 16.2. The van der Waals surface area contributed by atoms with Crippen LogP contribution in [0.5, 0.6) is 0 Å². The molecule has 128 valence electrons. The normalized spacial score (nSPS) is 13.8. The van der Waals surface area contributed by atoms with Gasteiger partial charge in [-0.15, -0.1) is 11.3 Å². The molecule has 1 aliphatic heterocycles. The number of hydrogen-bond acceptors (Lipinski definition) is 4. The Morgan fingerprint density at radius 3 is 3.00 bits per heavy atom. The average molecular weight is 371 g/mol. The number of carbonyl (C=O) groups excluding carboxylic acids is 1. The number of fused-ring (bicyclic) bond motifs is 2. The zero-order valence-corrected chi connectivity index (χ0v) is 15.2. The summed E-state index contributed by atoms with van der Waals surface area (Å²) < 4.78 is 1.84. The number of thiophene rings is 1. The molecule has 0 radical (unpaired) electrons. The van der Waals surface area contributed by atoms with Gasteiger partial charge < -0.3 is 9.88 Å². The second-order valence-corrected chi connectivity index (χ2v) is 7.50. The van der Waals surface area contributed by atoms with E-state index in [1.165, 1.54) is 15.0 Å². The van der Waals surface area contributed by atoms with Gasteiger partial charge in [0.2, 0.25) is 5.91 Å². The summed E-state index contributed by atoms with van der Waals surface area (Å²) in [5.41, 5.74) is 1.82. The standard InChI is InChI=1S/C18H17N3O2S2/c22-16(20-8-5-15-12(11-20)7-10-25-15)6-9-21-17(23)13-3-1-2-4-14(13)19-18(21)24/h1-4,7,10H,5-6,8-9,11H2,(H,19,24). The number of rotatable bonds is 3. The highest BCUT2D eigenvalue weighted by Crippen LogP contribution is 2.24. The summed E-state index contributed by atoms with van der Waals surface area (Å²) in [6.45, 7) is 1.70. The Morgan fingerprint density at radius 2 is 2.12 bits per heavy atom. The van der Waals surface area contributed by atoms with Crippen LogP contribution in [-0.2, 0) is 24.3 Å². The van der Waals surface area contributed by atoms with Crippen LogP contribution < -0.4 is 5.56 Å². The Hall–Kier alpha value is -2.25. The smallest absolute Gasteiger partial charge is 0.262 e. The number of aromatic nitrogens is 2. The molecule has 0 unspecified atom stereocenters. The van der Waals surface area contributed by atoms with Crippen molar-refractivity contribution in [1.82, 2.24) is 14.5 Å². The number of hydrogen-bond donors (Lipinski definition) is 1. The van der Waals surface area contributed by atoms with Gasteiger partial charge in [-0.25, -0.2) is 0 Å². The van der Waals surface area contributed by atoms with E-state index in [9.17, 15) is 9.59 Å². The predicted molar refractivity (Wildman–Crippen MR) is 101 cm³/mol. The van der Waals surface area contributed by atoms with Crippen LogP contribution in [0, 0.1) is 4.77 Å². The molecule has 0 bridgehead atoms. The number of carbonyl (C=O) groups is 1. The van der Waals surface area contributed by atoms with E-state index in [-0.39, 0.29) is 17.9 Å². The van der Waals surface area contributed by atoms with Crippen molar-refractivity contribution < 1.29 is 4.79 Å². The maximum absolute atomic E-state index is 12.6. The summed E-state index contributed by atoms with van der Waals surface area (Å²) in [5, 5.41) is 2.66. The van der Waals surface area contributed by atoms with Gasteiger partial charge in [0, 0.05) is 30.9 Å². The largest absolute Gasteiger partial charge is 0.338 e. The van der Waals surface area contributed by atoms with Gasteiger partial charge in [-0.2, -0.15) is 0 Å². The molecule has 1 N–H and O–H groups in total. The topological polar surface area (TPSA) is 58.1 Å². The maximum Gasteiger partial charge on any atom is 0.262 e. The Balaban J connectivity index is 1.52. The minimum absolute atomic E-state index is 0.0614. The molecular formula is C18H17N3O2S2. The van der Waals surface area contributed by atoms with Gasteiger partial charge >= 0.3 is 0 Å². The van der Waals surface area contributed by atoms with Crippen LogP contribution in [0.4, 0.5) is 0 Å². The van der Waals surface area contributed by atoms with Crippen LogP contribution in [0.3, 0.4) is 0 Å². The van der Waals surface area contributed by atoms with E-state index in [0.717, 1.165) is 18.5 Å². The van der Waals surface area contributed by atoms with E-state index < -0.39 is 0 Å². The molecular weight excluding hydrogens is 354 g/mol. The van der Waals surface area contributed by atoms with Gasteiger partial charge in [-0.1, -0.05) is 12.1 Å². The van der Waals surface area contributed by atoms with Crippen molar-refractivity contribution in [3.05, 3.63) is 61.3 Å². The fourth-order valence-electron chi connectivity index (χ4n) is 3.23. The Bertz CT molecular complexity index is 1060. The third kappa shape index (κ3) is 3.05. The lowest BCUT2D eigenvalue weighted by atomic mass is 10.1. The summed E-state index contributed by atoms with van der Waals surface area (Å²) in [5.74, 6) is 0.0614. The first-order valence-corrected chi connectivity index (χ1v) is 9.47. The molecule has 1 aromatic carbocycles. The highest BCUT2D eigenvalue weighted by molar-refractivity contribution is 7.71. The molecule has 5 nitrogen and oxygen atoms in total. The quantitative estimate of drug-likeness (QED) is 0.720. The molecule has 1 aliphatic rings. The predicted octanol–water partition coefficient (Wildman–Crippen LogP) is 3.10. The van der Waals surface area contributed by atoms with Gasteiger partial charge in [-0.3, -0.25) is 14.2 Å². The number of H-pyrrole nitrogens is 1. The van der Waals surface area contributed by atoms with Gasteiger partial charge in [0.25, 0.3) is 5.56 Å². The van der Waals surface area contributed by atoms with Crippen LogP contribution in [0.1, 0.15) is 16.9 Å². The van der Waals surface area contributed by atoms with Gasteiger partial charge in [0.05, 0.1) is 10.9 Å². The Labute approximate surface area is 153 Å². The van der Waals surface area contributed by atoms with Crippen molar-refractivity contribution in [1.29, 1.82) is 0 Å². The third-order valence-electron chi connectivity index (χ3n) is 4.60. The monoisotopic (exact) mass is 371 g/mol. The third-order valence-corrected chi connectivity index (χ3v) is 5.94. The van der Waals surface area contributed by atoms with Crippen LogP contribution in [-0.4, -0.2) is 26.9 Å². The van der Waals surface area contributed by atoms with Gasteiger partial charge in [-0.05, 0) is 47.8 Å². The highest BCUT2D eigenvalue weighted by Gasteiger charge is 2.21. The van der Waals surface area contributed by atoms with Crippen molar-refractivity contribution in [3.8, 4) is 0 Å². The molecule has 4 rings (SSSR count). The molecule has 2 aromatic heterocycles. The first-order chi connectivity index (χ1) is 12.1. The molecule has 0 atom stereocenters. The van der Waals surface area contributed by atoms with Crippen LogP contribution in [0.15, 0.2) is 40.5 Å². The number of amides is 1. The summed E-state index contributed by atoms with van der Waals surface area (Å²) in [6, 6.07) is 9.36. The van der Waals surface area contributed by atoms with Crippen LogP contribution >= 0.6 is 23.6 Å². The summed E-state index contributed by atoms with van der Waals surface area (Å²) >= 11 is 7.05. The van der Waals surface area contributed by atoms with E-state index in [1.54, 1.807) is 17.4 Å². The van der Waals surface area contributed by atoms with Crippen molar-refractivity contribution in [3.63, 3.8) is 0 Å². The highest BCUT2D eigenvalue weighted by atomic mass is 32.1. The minimum Gasteiger partial charge on any atom is -0.338 e. The number of nitrogens with one attached hydrogen (secondary N) is 1. The van der Waals surface area contributed by atoms with Crippen LogP contribution in [0.2, 0.25) is 0 Å². The van der Waals surface area contributed by atoms with E-state index >= 15 is 0 Å². The molecule has 1 amide bonds. The fraction of sp³-hybridized carbons (Fsp3) is 0.278. The van der Waals surface area contributed by atoms with E-state index in [0.29, 0.717) is 23.2 Å². The Morgan fingerprint density at radius 1 is 1.28 bits per heavy atom. The molecule has 3 aromatic rings. The van der Waals surface area contributed by atoms with Crippen molar-refractivity contribution in [2.45, 2.75) is 25.9 Å². The number of benzene rings is 1. The number of aromatic amines is 1. The van der Waals surface area contributed by atoms with Crippen molar-refractivity contribution in [2.75, 3.05) is 6.54 Å². The molecule has 7 heteroatoms. The van der Waals surface area contributed by atoms with E-state index in [1.807, 2.05) is 23.1 Å². The second kappa shape index (κ2) is 6.57. The zero-order chi connectivity index (χ0) is 17.4. The molecule has 0 spiro atoms. The van der Waals surface area contributed by atoms with Gasteiger partial charge in [0.1, 0.15) is 0 Å². The van der Waals surface area contributed by atoms with Crippen molar-refractivity contribution >= 4 is 40.4 Å². The zero-order valence-electron chi connectivity index (χ0n) is 13.5. The lowest BCUT2D eigenvalue weighted by Gasteiger charge is -2.27. The van der Waals surface area contributed by atoms with Crippen molar-refractivity contribution in [2.24, 2.45) is 0 Å². The first-order valence-electron chi connectivity index (χ1n) is 8.18. The fourth-order valence-corrected chi connectivity index (χ4v) is 4.40. The summed E-state index contributed by atoms with van der Waals surface area (Å²) in [6.07, 6.45) is 1.18. The molecule has 3 heterocycles. The number of nitrogens with zero attached hydrogens (tertiary/aromatic N) is 2. The number of para-hydroxylation sites is 1. The molecule has 0 saturated heterocycles. The molecule has 0 aliphatic carbocycles. The lowest BCUT2D eigenvalue weighted by molar-refractivity contribution is -0.132.